The highest BCUT2D eigenvalue weighted by Crippen LogP contribution is 2.09. The van der Waals surface area contributed by atoms with Gasteiger partial charge in [-0.2, -0.15) is 5.10 Å². The molecule has 1 atom stereocenters. The zero-order valence-corrected chi connectivity index (χ0v) is 6.84. The van der Waals surface area contributed by atoms with Gasteiger partial charge in [0.15, 0.2) is 0 Å². The van der Waals surface area contributed by atoms with E-state index in [4.69, 9.17) is 22.7 Å². The van der Waals surface area contributed by atoms with Crippen molar-refractivity contribution in [3.05, 3.63) is 17.4 Å². The molecular weight excluding hydrogens is 164 g/mol. The van der Waals surface area contributed by atoms with Crippen molar-refractivity contribution in [1.82, 2.24) is 9.78 Å². The van der Waals surface area contributed by atoms with Gasteiger partial charge in [0.05, 0.1) is 11.2 Å². The van der Waals surface area contributed by atoms with Crippen LogP contribution in [-0.4, -0.2) is 15.6 Å². The van der Waals surface area contributed by atoms with Crippen molar-refractivity contribution in [1.29, 1.82) is 5.41 Å². The van der Waals surface area contributed by atoms with Gasteiger partial charge in [0.25, 0.3) is 0 Å². The fraction of sp³-hybridized carbons (Fsp3) is 0.333. The molecule has 0 saturated carbocycles. The van der Waals surface area contributed by atoms with Crippen LogP contribution in [0.2, 0.25) is 5.02 Å². The van der Waals surface area contributed by atoms with E-state index in [2.05, 4.69) is 5.10 Å². The minimum Gasteiger partial charge on any atom is -0.386 e. The van der Waals surface area contributed by atoms with Gasteiger partial charge < -0.3 is 5.73 Å². The first kappa shape index (κ1) is 8.07. The summed E-state index contributed by atoms with van der Waals surface area (Å²) < 4.78 is 1.55. The highest BCUT2D eigenvalue weighted by Gasteiger charge is 2.07. The molecule has 3 N–H and O–H groups in total. The first-order valence-corrected chi connectivity index (χ1v) is 3.52. The number of amidine groups is 1. The van der Waals surface area contributed by atoms with Gasteiger partial charge in [-0.3, -0.25) is 10.1 Å². The Labute approximate surface area is 69.5 Å². The number of hydrogen-bond donors (Lipinski definition) is 2. The highest BCUT2D eigenvalue weighted by atomic mass is 35.5. The average Bonchev–Trinajstić information content (AvgIpc) is 2.34. The van der Waals surface area contributed by atoms with E-state index in [0.717, 1.165) is 0 Å². The van der Waals surface area contributed by atoms with E-state index in [-0.39, 0.29) is 11.9 Å². The third kappa shape index (κ3) is 1.71. The highest BCUT2D eigenvalue weighted by molar-refractivity contribution is 6.30. The Hall–Kier alpha value is -1.03. The van der Waals surface area contributed by atoms with Gasteiger partial charge in [-0.25, -0.2) is 0 Å². The molecule has 0 bridgehead atoms. The zero-order valence-electron chi connectivity index (χ0n) is 6.08. The number of rotatable bonds is 2. The Morgan fingerprint density at radius 2 is 2.55 bits per heavy atom. The summed E-state index contributed by atoms with van der Waals surface area (Å²) in [5, 5.41) is 11.6. The summed E-state index contributed by atoms with van der Waals surface area (Å²) in [6.45, 7) is 1.78. The van der Waals surface area contributed by atoms with Crippen LogP contribution in [0.15, 0.2) is 12.4 Å². The molecule has 0 aromatic carbocycles. The summed E-state index contributed by atoms with van der Waals surface area (Å²) in [5.74, 6) is 0.0739. The summed E-state index contributed by atoms with van der Waals surface area (Å²) in [4.78, 5) is 0. The third-order valence-electron chi connectivity index (χ3n) is 1.42. The molecule has 1 heterocycles. The van der Waals surface area contributed by atoms with Gasteiger partial charge in [-0.15, -0.1) is 0 Å². The molecule has 1 unspecified atom stereocenters. The monoisotopic (exact) mass is 172 g/mol. The molecule has 0 amide bonds. The smallest absolute Gasteiger partial charge is 0.116 e. The van der Waals surface area contributed by atoms with E-state index in [9.17, 15) is 0 Å². The van der Waals surface area contributed by atoms with E-state index in [1.807, 2.05) is 0 Å². The van der Waals surface area contributed by atoms with Crippen LogP contribution < -0.4 is 5.73 Å². The lowest BCUT2D eigenvalue weighted by atomic mass is 10.3. The molecule has 0 aliphatic rings. The van der Waals surface area contributed by atoms with Crippen LogP contribution >= 0.6 is 11.6 Å². The van der Waals surface area contributed by atoms with Crippen molar-refractivity contribution in [3.8, 4) is 0 Å². The summed E-state index contributed by atoms with van der Waals surface area (Å²) in [5.41, 5.74) is 5.26. The van der Waals surface area contributed by atoms with Crippen molar-refractivity contribution < 1.29 is 0 Å². The maximum atomic E-state index is 7.12. The van der Waals surface area contributed by atoms with E-state index in [1.54, 1.807) is 17.8 Å². The second kappa shape index (κ2) is 2.92. The van der Waals surface area contributed by atoms with Crippen LogP contribution in [0.4, 0.5) is 0 Å². The van der Waals surface area contributed by atoms with Crippen molar-refractivity contribution in [2.75, 3.05) is 0 Å². The number of aromatic nitrogens is 2. The lowest BCUT2D eigenvalue weighted by Gasteiger charge is -2.08. The predicted octanol–water partition coefficient (Wildman–Crippen LogP) is 1.03. The molecule has 0 aliphatic heterocycles. The van der Waals surface area contributed by atoms with Gasteiger partial charge >= 0.3 is 0 Å². The van der Waals surface area contributed by atoms with Gasteiger partial charge in [0.2, 0.25) is 0 Å². The molecule has 11 heavy (non-hydrogen) atoms. The van der Waals surface area contributed by atoms with Crippen LogP contribution in [0.3, 0.4) is 0 Å². The minimum atomic E-state index is -0.220. The van der Waals surface area contributed by atoms with Crippen molar-refractivity contribution in [2.45, 2.75) is 13.0 Å². The van der Waals surface area contributed by atoms with Crippen LogP contribution in [-0.2, 0) is 0 Å². The lowest BCUT2D eigenvalue weighted by molar-refractivity contribution is 0.602. The van der Waals surface area contributed by atoms with Crippen LogP contribution in [0.25, 0.3) is 0 Å². The zero-order chi connectivity index (χ0) is 8.43. The molecular formula is C6H9ClN4. The van der Waals surface area contributed by atoms with Gasteiger partial charge in [0.1, 0.15) is 11.9 Å². The van der Waals surface area contributed by atoms with Crippen molar-refractivity contribution >= 4 is 17.4 Å². The Kier molecular flexibility index (Phi) is 2.14. The largest absolute Gasteiger partial charge is 0.386 e. The molecule has 0 spiro atoms. The van der Waals surface area contributed by atoms with Crippen LogP contribution in [0, 0.1) is 5.41 Å². The van der Waals surface area contributed by atoms with E-state index < -0.39 is 0 Å². The first-order valence-electron chi connectivity index (χ1n) is 3.15. The van der Waals surface area contributed by atoms with Crippen LogP contribution in [0.5, 0.6) is 0 Å². The molecule has 0 fully saturated rings. The molecule has 0 aliphatic carbocycles. The molecule has 60 valence electrons. The first-order chi connectivity index (χ1) is 5.11. The summed E-state index contributed by atoms with van der Waals surface area (Å²) >= 11 is 5.61. The fourth-order valence-corrected chi connectivity index (χ4v) is 0.813. The van der Waals surface area contributed by atoms with Gasteiger partial charge in [0, 0.05) is 6.20 Å². The van der Waals surface area contributed by atoms with E-state index in [0.29, 0.717) is 5.02 Å². The maximum absolute atomic E-state index is 7.12. The molecule has 5 heteroatoms. The Morgan fingerprint density at radius 1 is 1.91 bits per heavy atom. The normalized spacial score (nSPS) is 12.9. The number of nitrogens with zero attached hydrogens (tertiary/aromatic N) is 2. The molecule has 0 radical (unpaired) electrons. The quantitative estimate of drug-likeness (QED) is 0.517. The maximum Gasteiger partial charge on any atom is 0.116 e. The number of halogens is 1. The molecule has 1 aromatic rings. The summed E-state index contributed by atoms with van der Waals surface area (Å²) in [6.07, 6.45) is 3.15. The van der Waals surface area contributed by atoms with E-state index >= 15 is 0 Å². The average molecular weight is 173 g/mol. The Balaban J connectivity index is 2.84. The van der Waals surface area contributed by atoms with Crippen molar-refractivity contribution in [2.24, 2.45) is 5.73 Å². The van der Waals surface area contributed by atoms with Crippen LogP contribution in [0.1, 0.15) is 13.0 Å². The number of nitrogens with two attached hydrogens (primary N) is 1. The van der Waals surface area contributed by atoms with E-state index in [1.165, 1.54) is 6.20 Å². The second-order valence-corrected chi connectivity index (χ2v) is 2.71. The SMILES string of the molecule is CC(C(=N)N)n1cc(Cl)cn1. The molecule has 4 nitrogen and oxygen atoms in total. The molecule has 1 rings (SSSR count). The molecule has 1 aromatic heterocycles. The topological polar surface area (TPSA) is 67.7 Å². The fourth-order valence-electron chi connectivity index (χ4n) is 0.669. The second-order valence-electron chi connectivity index (χ2n) is 2.27. The predicted molar refractivity (Wildman–Crippen MR) is 43.9 cm³/mol. The molecule has 0 saturated heterocycles. The minimum absolute atomic E-state index is 0.0739. The van der Waals surface area contributed by atoms with Crippen molar-refractivity contribution in [3.63, 3.8) is 0 Å². The number of hydrogen-bond acceptors (Lipinski definition) is 2. The standard InChI is InChI=1S/C6H9ClN4/c1-4(6(8)9)11-3-5(7)2-10-11/h2-4H,1H3,(H3,8,9). The van der Waals surface area contributed by atoms with Gasteiger partial charge in [-0.1, -0.05) is 11.6 Å². The third-order valence-corrected chi connectivity index (χ3v) is 1.61. The summed E-state index contributed by atoms with van der Waals surface area (Å²) in [6, 6.07) is -0.220. The Morgan fingerprint density at radius 3 is 2.91 bits per heavy atom. The van der Waals surface area contributed by atoms with Gasteiger partial charge in [-0.05, 0) is 6.92 Å². The lowest BCUT2D eigenvalue weighted by Crippen LogP contribution is -2.23. The number of nitrogens with one attached hydrogen (secondary N) is 1. The Bertz CT molecular complexity index is 267. The summed E-state index contributed by atoms with van der Waals surface area (Å²) in [7, 11) is 0.